The summed E-state index contributed by atoms with van der Waals surface area (Å²) in [7, 11) is 0. The van der Waals surface area contributed by atoms with Crippen LogP contribution in [0, 0.1) is 5.82 Å². The van der Waals surface area contributed by atoms with Gasteiger partial charge in [0, 0.05) is 5.56 Å². The molecule has 7 heteroatoms. The maximum atomic E-state index is 12.8. The predicted octanol–water partition coefficient (Wildman–Crippen LogP) is 4.93. The summed E-state index contributed by atoms with van der Waals surface area (Å²) in [6.45, 7) is 0. The van der Waals surface area contributed by atoms with Gasteiger partial charge in [0.1, 0.15) is 5.82 Å². The number of carbonyl (C=O) groups excluding carboxylic acids is 2. The van der Waals surface area contributed by atoms with E-state index in [-0.39, 0.29) is 5.56 Å². The highest BCUT2D eigenvalue weighted by Crippen LogP contribution is 2.18. The first-order valence-corrected chi connectivity index (χ1v) is 7.96. The molecule has 3 rings (SSSR count). The Morgan fingerprint density at radius 2 is 1.48 bits per heavy atom. The van der Waals surface area contributed by atoms with Crippen molar-refractivity contribution < 1.29 is 18.8 Å². The summed E-state index contributed by atoms with van der Waals surface area (Å²) in [6, 6.07) is 20.0. The van der Waals surface area contributed by atoms with E-state index in [2.05, 4.69) is 15.7 Å². The number of benzene rings is 3. The second-order valence-corrected chi connectivity index (χ2v) is 5.42. The van der Waals surface area contributed by atoms with E-state index >= 15 is 0 Å². The van der Waals surface area contributed by atoms with E-state index in [4.69, 9.17) is 4.84 Å². The Kier molecular flexibility index (Phi) is 5.64. The predicted molar refractivity (Wildman–Crippen MR) is 97.2 cm³/mol. The molecule has 1 amide bonds. The Labute approximate surface area is 154 Å². The van der Waals surface area contributed by atoms with E-state index in [1.54, 1.807) is 54.6 Å². The van der Waals surface area contributed by atoms with Gasteiger partial charge < -0.3 is 4.84 Å². The van der Waals surface area contributed by atoms with Gasteiger partial charge in [-0.2, -0.15) is 0 Å². The van der Waals surface area contributed by atoms with Crippen LogP contribution in [0.4, 0.5) is 15.8 Å². The molecule has 0 aliphatic rings. The molecular weight excluding hydrogens is 349 g/mol. The van der Waals surface area contributed by atoms with Gasteiger partial charge in [-0.25, -0.2) is 14.7 Å². The highest BCUT2D eigenvalue weighted by molar-refractivity contribution is 5.94. The van der Waals surface area contributed by atoms with Crippen molar-refractivity contribution in [2.75, 3.05) is 5.48 Å². The topological polar surface area (TPSA) is 80.1 Å². The Bertz CT molecular complexity index is 956. The molecule has 0 spiro atoms. The minimum Gasteiger partial charge on any atom is -0.338 e. The number of amides is 1. The largest absolute Gasteiger partial charge is 0.362 e. The molecule has 0 aromatic heterocycles. The molecule has 0 bridgehead atoms. The molecule has 0 unspecified atom stereocenters. The summed E-state index contributed by atoms with van der Waals surface area (Å²) in [5.74, 6) is -1.52. The molecule has 134 valence electrons. The number of nitrogens with one attached hydrogen (secondary N) is 1. The Morgan fingerprint density at radius 3 is 2.15 bits per heavy atom. The van der Waals surface area contributed by atoms with Gasteiger partial charge in [0.2, 0.25) is 0 Å². The fraction of sp³-hybridized carbons (Fsp3) is 0. The second-order valence-electron chi connectivity index (χ2n) is 5.42. The molecule has 0 radical (unpaired) electrons. The van der Waals surface area contributed by atoms with Crippen LogP contribution >= 0.6 is 0 Å². The molecule has 3 aromatic rings. The highest BCUT2D eigenvalue weighted by Gasteiger charge is 2.06. The minimum absolute atomic E-state index is 0.242. The molecule has 0 atom stereocenters. The summed E-state index contributed by atoms with van der Waals surface area (Å²) in [5.41, 5.74) is 4.18. The fourth-order valence-electron chi connectivity index (χ4n) is 2.09. The summed E-state index contributed by atoms with van der Waals surface area (Å²) >= 11 is 0. The normalized spacial score (nSPS) is 10.6. The maximum absolute atomic E-state index is 12.8. The van der Waals surface area contributed by atoms with E-state index in [1.807, 2.05) is 0 Å². The van der Waals surface area contributed by atoms with Crippen LogP contribution in [0.3, 0.4) is 0 Å². The van der Waals surface area contributed by atoms with Gasteiger partial charge in [-0.15, -0.1) is 10.2 Å². The number of nitrogens with zero attached hydrogens (tertiary/aromatic N) is 2. The third-order valence-corrected chi connectivity index (χ3v) is 3.49. The fourth-order valence-corrected chi connectivity index (χ4v) is 2.09. The first-order valence-electron chi connectivity index (χ1n) is 7.96. The third kappa shape index (κ3) is 5.05. The highest BCUT2D eigenvalue weighted by atomic mass is 19.1. The number of rotatable bonds is 5. The zero-order valence-electron chi connectivity index (χ0n) is 14.0. The SMILES string of the molecule is O=C(N=Nc1ccc(NOC(=O)c2ccccc2)cc1)c1ccc(F)cc1. The number of anilines is 1. The summed E-state index contributed by atoms with van der Waals surface area (Å²) in [6.07, 6.45) is 0. The zero-order chi connectivity index (χ0) is 19.1. The van der Waals surface area contributed by atoms with Gasteiger partial charge in [0.15, 0.2) is 0 Å². The van der Waals surface area contributed by atoms with Gasteiger partial charge in [-0.3, -0.25) is 4.79 Å². The first-order chi connectivity index (χ1) is 13.1. The van der Waals surface area contributed by atoms with E-state index in [0.29, 0.717) is 16.9 Å². The van der Waals surface area contributed by atoms with Crippen molar-refractivity contribution in [2.45, 2.75) is 0 Å². The van der Waals surface area contributed by atoms with Crippen molar-refractivity contribution in [1.29, 1.82) is 0 Å². The van der Waals surface area contributed by atoms with Gasteiger partial charge in [-0.05, 0) is 60.7 Å². The standard InChI is InChI=1S/C20H14FN3O3/c21-16-8-6-14(7-9-16)19(25)23-22-17-10-12-18(13-11-17)24-27-20(26)15-4-2-1-3-5-15/h1-13,24H. The zero-order valence-corrected chi connectivity index (χ0v) is 14.0. The third-order valence-electron chi connectivity index (χ3n) is 3.49. The minimum atomic E-state index is -0.575. The number of halogens is 1. The smallest absolute Gasteiger partial charge is 0.338 e. The van der Waals surface area contributed by atoms with Gasteiger partial charge >= 0.3 is 5.97 Å². The van der Waals surface area contributed by atoms with Crippen LogP contribution in [0.25, 0.3) is 0 Å². The average Bonchev–Trinajstić information content (AvgIpc) is 2.72. The van der Waals surface area contributed by atoms with Crippen molar-refractivity contribution in [3.8, 4) is 0 Å². The summed E-state index contributed by atoms with van der Waals surface area (Å²) < 4.78 is 12.8. The summed E-state index contributed by atoms with van der Waals surface area (Å²) in [4.78, 5) is 28.7. The first kappa shape index (κ1) is 17.9. The molecule has 0 fully saturated rings. The van der Waals surface area contributed by atoms with Crippen molar-refractivity contribution in [3.05, 3.63) is 95.8 Å². The quantitative estimate of drug-likeness (QED) is 0.515. The molecule has 0 saturated carbocycles. The van der Waals surface area contributed by atoms with E-state index in [0.717, 1.165) is 0 Å². The molecule has 0 saturated heterocycles. The molecule has 0 aliphatic heterocycles. The molecule has 0 heterocycles. The number of azo groups is 1. The Hall–Kier alpha value is -3.87. The summed E-state index contributed by atoms with van der Waals surface area (Å²) in [5, 5.41) is 7.43. The lowest BCUT2D eigenvalue weighted by Crippen LogP contribution is -2.10. The van der Waals surface area contributed by atoms with Crippen molar-refractivity contribution in [2.24, 2.45) is 10.2 Å². The van der Waals surface area contributed by atoms with E-state index in [1.165, 1.54) is 24.3 Å². The van der Waals surface area contributed by atoms with Crippen LogP contribution in [0.2, 0.25) is 0 Å². The molecule has 6 nitrogen and oxygen atoms in total. The molecule has 27 heavy (non-hydrogen) atoms. The molecule has 1 N–H and O–H groups in total. The van der Waals surface area contributed by atoms with Crippen molar-refractivity contribution in [3.63, 3.8) is 0 Å². The van der Waals surface area contributed by atoms with Crippen LogP contribution < -0.4 is 5.48 Å². The van der Waals surface area contributed by atoms with E-state index < -0.39 is 17.7 Å². The number of hydrogen-bond acceptors (Lipinski definition) is 5. The van der Waals surface area contributed by atoms with Crippen LogP contribution in [0.1, 0.15) is 20.7 Å². The van der Waals surface area contributed by atoms with Crippen LogP contribution in [-0.4, -0.2) is 11.9 Å². The van der Waals surface area contributed by atoms with Crippen molar-refractivity contribution >= 4 is 23.3 Å². The monoisotopic (exact) mass is 363 g/mol. The average molecular weight is 363 g/mol. The Morgan fingerprint density at radius 1 is 0.815 bits per heavy atom. The van der Waals surface area contributed by atoms with Crippen LogP contribution in [0.5, 0.6) is 0 Å². The number of carbonyl (C=O) groups is 2. The van der Waals surface area contributed by atoms with E-state index in [9.17, 15) is 14.0 Å². The van der Waals surface area contributed by atoms with Crippen molar-refractivity contribution in [1.82, 2.24) is 0 Å². The number of hydrogen-bond donors (Lipinski definition) is 1. The van der Waals surface area contributed by atoms with Gasteiger partial charge in [0.05, 0.1) is 16.9 Å². The van der Waals surface area contributed by atoms with Crippen LogP contribution in [-0.2, 0) is 4.84 Å². The molecule has 3 aromatic carbocycles. The molecular formula is C20H14FN3O3. The lowest BCUT2D eigenvalue weighted by atomic mass is 10.2. The van der Waals surface area contributed by atoms with Crippen LogP contribution in [0.15, 0.2) is 89.1 Å². The lowest BCUT2D eigenvalue weighted by molar-refractivity contribution is 0.0596. The Balaban J connectivity index is 1.56. The van der Waals surface area contributed by atoms with Gasteiger partial charge in [0.25, 0.3) is 5.91 Å². The van der Waals surface area contributed by atoms with Gasteiger partial charge in [-0.1, -0.05) is 18.2 Å². The lowest BCUT2D eigenvalue weighted by Gasteiger charge is -2.06. The second kappa shape index (κ2) is 8.48. The molecule has 0 aliphatic carbocycles. The maximum Gasteiger partial charge on any atom is 0.362 e.